The van der Waals surface area contributed by atoms with Crippen molar-refractivity contribution in [3.8, 4) is 11.5 Å². The van der Waals surface area contributed by atoms with Crippen molar-refractivity contribution in [3.63, 3.8) is 0 Å². The summed E-state index contributed by atoms with van der Waals surface area (Å²) in [5, 5.41) is 0. The summed E-state index contributed by atoms with van der Waals surface area (Å²) in [6.45, 7) is 0. The Morgan fingerprint density at radius 2 is 1.61 bits per heavy atom. The molecular formula is C23H19Br2NO5. The maximum absolute atomic E-state index is 13.2. The van der Waals surface area contributed by atoms with Crippen molar-refractivity contribution < 1.29 is 23.9 Å². The van der Waals surface area contributed by atoms with Gasteiger partial charge in [-0.15, -0.1) is 0 Å². The Kier molecular flexibility index (Phi) is 5.17. The molecule has 1 saturated heterocycles. The van der Waals surface area contributed by atoms with Gasteiger partial charge in [-0.25, -0.2) is 9.69 Å². The standard InChI is InChI=1S/C23H19Br2NO5/c1-30-16-8-3-2-7-13(16)23(29)31-12-6-4-5-11(9-12)26-21(27)17-14-10-15(18(17)22(26)28)20(25)19(14)24/h2-9,14-15,17-20H,10H2,1H3/t14-,15+,17-,18-,19-,20+/m0/s1. The zero-order valence-electron chi connectivity index (χ0n) is 16.5. The van der Waals surface area contributed by atoms with Crippen molar-refractivity contribution in [2.75, 3.05) is 12.0 Å². The van der Waals surface area contributed by atoms with Gasteiger partial charge in [0.25, 0.3) is 0 Å². The van der Waals surface area contributed by atoms with E-state index in [1.807, 2.05) is 0 Å². The van der Waals surface area contributed by atoms with Gasteiger partial charge in [0, 0.05) is 15.7 Å². The molecule has 0 radical (unpaired) electrons. The number of benzene rings is 2. The van der Waals surface area contributed by atoms with Gasteiger partial charge in [-0.3, -0.25) is 9.59 Å². The molecule has 31 heavy (non-hydrogen) atoms. The second-order valence-electron chi connectivity index (χ2n) is 8.10. The minimum absolute atomic E-state index is 0.146. The monoisotopic (exact) mass is 547 g/mol. The zero-order valence-corrected chi connectivity index (χ0v) is 19.7. The first-order valence-corrected chi connectivity index (χ1v) is 11.9. The number of alkyl halides is 2. The highest BCUT2D eigenvalue weighted by molar-refractivity contribution is 9.12. The van der Waals surface area contributed by atoms with E-state index in [1.54, 1.807) is 48.5 Å². The second-order valence-corrected chi connectivity index (χ2v) is 10.2. The molecule has 5 rings (SSSR count). The van der Waals surface area contributed by atoms with Crippen LogP contribution in [0, 0.1) is 23.7 Å². The molecule has 0 aromatic heterocycles. The van der Waals surface area contributed by atoms with Gasteiger partial charge in [0.2, 0.25) is 11.8 Å². The molecule has 2 bridgehead atoms. The predicted molar refractivity (Wildman–Crippen MR) is 121 cm³/mol. The van der Waals surface area contributed by atoms with E-state index in [1.165, 1.54) is 12.0 Å². The van der Waals surface area contributed by atoms with Crippen molar-refractivity contribution in [1.29, 1.82) is 0 Å². The van der Waals surface area contributed by atoms with Crippen LogP contribution in [-0.2, 0) is 9.59 Å². The third-order valence-corrected chi connectivity index (χ3v) is 9.81. The Bertz CT molecular complexity index is 1060. The number of methoxy groups -OCH3 is 1. The van der Waals surface area contributed by atoms with E-state index >= 15 is 0 Å². The lowest BCUT2D eigenvalue weighted by molar-refractivity contribution is -0.123. The number of nitrogens with zero attached hydrogens (tertiary/aromatic N) is 1. The smallest absolute Gasteiger partial charge is 0.347 e. The van der Waals surface area contributed by atoms with E-state index < -0.39 is 5.97 Å². The average molecular weight is 549 g/mol. The lowest BCUT2D eigenvalue weighted by Gasteiger charge is -2.28. The van der Waals surface area contributed by atoms with Crippen molar-refractivity contribution in [1.82, 2.24) is 0 Å². The summed E-state index contributed by atoms with van der Waals surface area (Å²) in [7, 11) is 1.48. The number of hydrogen-bond acceptors (Lipinski definition) is 5. The number of anilines is 1. The van der Waals surface area contributed by atoms with Crippen LogP contribution in [0.2, 0.25) is 0 Å². The number of hydrogen-bond donors (Lipinski definition) is 0. The van der Waals surface area contributed by atoms with Crippen LogP contribution >= 0.6 is 31.9 Å². The summed E-state index contributed by atoms with van der Waals surface area (Å²) < 4.78 is 10.7. The van der Waals surface area contributed by atoms with Gasteiger partial charge in [-0.2, -0.15) is 0 Å². The topological polar surface area (TPSA) is 72.9 Å². The van der Waals surface area contributed by atoms with E-state index in [0.29, 0.717) is 17.0 Å². The number of carbonyl (C=O) groups excluding carboxylic acids is 3. The van der Waals surface area contributed by atoms with E-state index in [4.69, 9.17) is 9.47 Å². The molecule has 0 spiro atoms. The first-order valence-electron chi connectivity index (χ1n) is 10.0. The van der Waals surface area contributed by atoms with Gasteiger partial charge in [0.05, 0.1) is 24.6 Å². The average Bonchev–Trinajstić information content (AvgIpc) is 3.38. The minimum atomic E-state index is -0.576. The Morgan fingerprint density at radius 3 is 2.26 bits per heavy atom. The summed E-state index contributed by atoms with van der Waals surface area (Å²) in [5.74, 6) is -0.547. The molecule has 3 aliphatic rings. The lowest BCUT2D eigenvalue weighted by atomic mass is 9.81. The number of carbonyl (C=O) groups is 3. The Morgan fingerprint density at radius 1 is 0.968 bits per heavy atom. The van der Waals surface area contributed by atoms with Crippen molar-refractivity contribution in [2.24, 2.45) is 23.7 Å². The molecule has 2 amide bonds. The fourth-order valence-corrected chi connectivity index (χ4v) is 7.14. The summed E-state index contributed by atoms with van der Waals surface area (Å²) >= 11 is 7.39. The highest BCUT2D eigenvalue weighted by atomic mass is 79.9. The third kappa shape index (κ3) is 3.14. The molecule has 2 saturated carbocycles. The number of para-hydroxylation sites is 1. The molecule has 1 heterocycles. The van der Waals surface area contributed by atoms with Crippen molar-refractivity contribution >= 4 is 55.3 Å². The molecular weight excluding hydrogens is 530 g/mol. The molecule has 2 aliphatic carbocycles. The first kappa shape index (κ1) is 20.7. The number of fused-ring (bicyclic) bond motifs is 5. The first-order chi connectivity index (χ1) is 14.9. The number of esters is 1. The summed E-state index contributed by atoms with van der Waals surface area (Å²) in [6.07, 6.45) is 0.878. The fraction of sp³-hybridized carbons (Fsp3) is 0.348. The lowest BCUT2D eigenvalue weighted by Crippen LogP contribution is -2.37. The van der Waals surface area contributed by atoms with Crippen LogP contribution in [0.5, 0.6) is 11.5 Å². The number of rotatable bonds is 4. The molecule has 1 aliphatic heterocycles. The third-order valence-electron chi connectivity index (χ3n) is 6.60. The zero-order chi connectivity index (χ0) is 21.9. The van der Waals surface area contributed by atoms with E-state index in [-0.39, 0.29) is 50.9 Å². The number of imide groups is 1. The Labute approximate surface area is 196 Å². The van der Waals surface area contributed by atoms with Gasteiger partial charge >= 0.3 is 5.97 Å². The molecule has 160 valence electrons. The van der Waals surface area contributed by atoms with Gasteiger partial charge in [-0.1, -0.05) is 50.1 Å². The van der Waals surface area contributed by atoms with Gasteiger partial charge in [0.1, 0.15) is 17.1 Å². The van der Waals surface area contributed by atoms with Gasteiger partial charge in [-0.05, 0) is 42.5 Å². The van der Waals surface area contributed by atoms with E-state index in [0.717, 1.165) is 6.42 Å². The Hall–Kier alpha value is -2.19. The van der Waals surface area contributed by atoms with Crippen LogP contribution in [0.25, 0.3) is 0 Å². The normalized spacial score (nSPS) is 31.1. The van der Waals surface area contributed by atoms with Crippen molar-refractivity contribution in [3.05, 3.63) is 54.1 Å². The van der Waals surface area contributed by atoms with Gasteiger partial charge in [0.15, 0.2) is 0 Å². The number of ether oxygens (including phenoxy) is 2. The molecule has 2 aromatic carbocycles. The largest absolute Gasteiger partial charge is 0.496 e. The van der Waals surface area contributed by atoms with E-state index in [2.05, 4.69) is 31.9 Å². The molecule has 0 N–H and O–H groups in total. The highest BCUT2D eigenvalue weighted by Gasteiger charge is 2.66. The number of halogens is 2. The SMILES string of the molecule is COc1ccccc1C(=O)Oc1cccc(N2C(=O)[C@H]3[C@@H]4C[C@@H]([C@@H](Br)[C@H]4Br)[C@@H]3C2=O)c1. The molecule has 6 atom stereocenters. The summed E-state index contributed by atoms with van der Waals surface area (Å²) in [6, 6.07) is 13.3. The van der Waals surface area contributed by atoms with Crippen LogP contribution in [-0.4, -0.2) is 34.5 Å². The predicted octanol–water partition coefficient (Wildman–Crippen LogP) is 4.20. The van der Waals surface area contributed by atoms with Crippen molar-refractivity contribution in [2.45, 2.75) is 16.1 Å². The molecule has 3 fully saturated rings. The van der Waals surface area contributed by atoms with Crippen LogP contribution < -0.4 is 14.4 Å². The maximum Gasteiger partial charge on any atom is 0.347 e. The van der Waals surface area contributed by atoms with Gasteiger partial charge < -0.3 is 9.47 Å². The Balaban J connectivity index is 1.40. The summed E-state index contributed by atoms with van der Waals surface area (Å²) in [5.41, 5.74) is 0.716. The molecule has 8 heteroatoms. The van der Waals surface area contributed by atoms with Crippen LogP contribution in [0.3, 0.4) is 0 Å². The van der Waals surface area contributed by atoms with Crippen LogP contribution in [0.15, 0.2) is 48.5 Å². The highest BCUT2D eigenvalue weighted by Crippen LogP contribution is 2.60. The van der Waals surface area contributed by atoms with Crippen LogP contribution in [0.1, 0.15) is 16.8 Å². The number of amides is 2. The van der Waals surface area contributed by atoms with E-state index in [9.17, 15) is 14.4 Å². The maximum atomic E-state index is 13.2. The molecule has 0 unspecified atom stereocenters. The quantitative estimate of drug-likeness (QED) is 0.248. The fourth-order valence-electron chi connectivity index (χ4n) is 5.26. The molecule has 6 nitrogen and oxygen atoms in total. The minimum Gasteiger partial charge on any atom is -0.496 e. The second kappa shape index (κ2) is 7.74. The molecule has 2 aromatic rings. The van der Waals surface area contributed by atoms with Crippen LogP contribution in [0.4, 0.5) is 5.69 Å². The summed E-state index contributed by atoms with van der Waals surface area (Å²) in [4.78, 5) is 40.7.